The highest BCUT2D eigenvalue weighted by Crippen LogP contribution is 2.28. The van der Waals surface area contributed by atoms with Gasteiger partial charge in [0.05, 0.1) is 31.6 Å². The van der Waals surface area contributed by atoms with Crippen LogP contribution >= 0.6 is 0 Å². The van der Waals surface area contributed by atoms with Gasteiger partial charge in [0.15, 0.2) is 0 Å². The maximum absolute atomic E-state index is 11.3. The maximum Gasteiger partial charge on any atom is 0.321 e. The molecule has 4 rings (SSSR count). The molecule has 2 amide bonds. The minimum absolute atomic E-state index is 0.119. The van der Waals surface area contributed by atoms with E-state index in [4.69, 9.17) is 14.6 Å². The summed E-state index contributed by atoms with van der Waals surface area (Å²) in [6.45, 7) is 4.08. The average molecular weight is 387 g/mol. The Morgan fingerprint density at radius 3 is 2.75 bits per heavy atom. The van der Waals surface area contributed by atoms with Crippen LogP contribution in [0.15, 0.2) is 24.7 Å². The summed E-state index contributed by atoms with van der Waals surface area (Å²) in [7, 11) is 1.54. The first kappa shape index (κ1) is 18.8. The van der Waals surface area contributed by atoms with Crippen molar-refractivity contribution in [1.29, 1.82) is 0 Å². The quantitative estimate of drug-likeness (QED) is 0.809. The Morgan fingerprint density at radius 1 is 1.21 bits per heavy atom. The molecule has 0 spiro atoms. The second-order valence-electron chi connectivity index (χ2n) is 6.83. The third kappa shape index (κ3) is 4.29. The molecule has 0 aliphatic carbocycles. The molecule has 0 radical (unpaired) electrons. The van der Waals surface area contributed by atoms with Gasteiger partial charge in [0.2, 0.25) is 5.95 Å². The number of aromatic nitrogens is 4. The van der Waals surface area contributed by atoms with Gasteiger partial charge in [-0.15, -0.1) is 0 Å². The first-order chi connectivity index (χ1) is 13.7. The van der Waals surface area contributed by atoms with E-state index in [9.17, 15) is 4.79 Å². The molecule has 2 atom stereocenters. The van der Waals surface area contributed by atoms with E-state index in [-0.39, 0.29) is 18.2 Å². The molecule has 2 aliphatic heterocycles. The van der Waals surface area contributed by atoms with Gasteiger partial charge in [0.25, 0.3) is 0 Å². The number of morpholine rings is 1. The fourth-order valence-corrected chi connectivity index (χ4v) is 3.50. The van der Waals surface area contributed by atoms with E-state index < -0.39 is 0 Å². The van der Waals surface area contributed by atoms with Gasteiger partial charge >= 0.3 is 6.03 Å². The molecule has 28 heavy (non-hydrogen) atoms. The Kier molecular flexibility index (Phi) is 5.79. The van der Waals surface area contributed by atoms with E-state index >= 15 is 0 Å². The number of nitrogens with zero attached hydrogens (tertiary/aromatic N) is 5. The lowest BCUT2D eigenvalue weighted by molar-refractivity contribution is -0.126. The van der Waals surface area contributed by atoms with Gasteiger partial charge in [-0.1, -0.05) is 0 Å². The molecular formula is C18H25N7O3. The fraction of sp³-hybridized carbons (Fsp3) is 0.556. The van der Waals surface area contributed by atoms with Crippen molar-refractivity contribution >= 4 is 12.0 Å². The van der Waals surface area contributed by atoms with Gasteiger partial charge in [-0.3, -0.25) is 14.9 Å². The number of rotatable bonds is 4. The highest BCUT2D eigenvalue weighted by molar-refractivity contribution is 5.87. The molecule has 2 saturated heterocycles. The molecular weight excluding hydrogens is 362 g/mol. The molecule has 10 heteroatoms. The number of carbonyl (C=O) groups is 1. The van der Waals surface area contributed by atoms with Gasteiger partial charge in [0.1, 0.15) is 6.23 Å². The normalized spacial score (nSPS) is 23.3. The van der Waals surface area contributed by atoms with Crippen LogP contribution in [0, 0.1) is 0 Å². The molecule has 2 aliphatic rings. The van der Waals surface area contributed by atoms with Crippen molar-refractivity contribution < 1.29 is 14.3 Å². The maximum atomic E-state index is 11.3. The van der Waals surface area contributed by atoms with E-state index in [2.05, 4.69) is 25.5 Å². The monoisotopic (exact) mass is 387 g/mol. The van der Waals surface area contributed by atoms with Crippen LogP contribution < -0.4 is 10.6 Å². The van der Waals surface area contributed by atoms with Crippen molar-refractivity contribution in [2.45, 2.75) is 25.1 Å². The first-order valence-corrected chi connectivity index (χ1v) is 9.52. The van der Waals surface area contributed by atoms with Crippen LogP contribution in [0.1, 0.15) is 18.9 Å². The molecule has 2 aromatic heterocycles. The number of nitrogens with one attached hydrogen (secondary N) is 2. The largest absolute Gasteiger partial charge is 0.379 e. The summed E-state index contributed by atoms with van der Waals surface area (Å²) in [5, 5.41) is 9.73. The van der Waals surface area contributed by atoms with Crippen molar-refractivity contribution in [2.75, 3.05) is 45.3 Å². The first-order valence-electron chi connectivity index (χ1n) is 9.52. The van der Waals surface area contributed by atoms with Crippen molar-refractivity contribution in [3.8, 4) is 11.3 Å². The zero-order chi connectivity index (χ0) is 19.3. The fourth-order valence-electron chi connectivity index (χ4n) is 3.50. The van der Waals surface area contributed by atoms with E-state index in [1.165, 1.54) is 7.05 Å². The molecule has 0 aromatic carbocycles. The smallest absolute Gasteiger partial charge is 0.321 e. The summed E-state index contributed by atoms with van der Waals surface area (Å²) in [5.41, 5.74) is 1.61. The number of hydrogen-bond donors (Lipinski definition) is 2. The number of anilines is 1. The Morgan fingerprint density at radius 2 is 2.00 bits per heavy atom. The third-order valence-corrected chi connectivity index (χ3v) is 5.07. The Bertz CT molecular complexity index is 789. The molecule has 2 N–H and O–H groups in total. The standard InChI is InChI=1S/C18H25N7O3/c1-19-18(26)22-17-20-11-13(12-21-17)15-2-4-25(23-15)14-3-7-28-16(10-14)24-5-8-27-9-6-24/h2,4,11-12,14,16H,3,5-10H2,1H3,(H2,19,20,21,22,26). The number of hydrogen-bond acceptors (Lipinski definition) is 7. The van der Waals surface area contributed by atoms with Crippen LogP contribution in [0.2, 0.25) is 0 Å². The lowest BCUT2D eigenvalue weighted by Gasteiger charge is -2.39. The molecule has 2 fully saturated rings. The Labute approximate surface area is 163 Å². The zero-order valence-corrected chi connectivity index (χ0v) is 15.9. The van der Waals surface area contributed by atoms with E-state index in [0.717, 1.165) is 57.0 Å². The van der Waals surface area contributed by atoms with E-state index in [1.54, 1.807) is 12.4 Å². The van der Waals surface area contributed by atoms with Crippen molar-refractivity contribution in [1.82, 2.24) is 30.0 Å². The molecule has 0 bridgehead atoms. The van der Waals surface area contributed by atoms with Gasteiger partial charge in [0, 0.05) is 50.7 Å². The zero-order valence-electron chi connectivity index (χ0n) is 15.9. The SMILES string of the molecule is CNC(=O)Nc1ncc(-c2ccn(C3CCOC(N4CCOCC4)C3)n2)cn1. The van der Waals surface area contributed by atoms with Crippen molar-refractivity contribution in [2.24, 2.45) is 0 Å². The highest BCUT2D eigenvalue weighted by atomic mass is 16.5. The van der Waals surface area contributed by atoms with Crippen LogP contribution in [0.5, 0.6) is 0 Å². The average Bonchev–Trinajstić information content (AvgIpc) is 3.25. The number of urea groups is 1. The predicted octanol–water partition coefficient (Wildman–Crippen LogP) is 1.10. The lowest BCUT2D eigenvalue weighted by Crippen LogP contribution is -2.47. The summed E-state index contributed by atoms with van der Waals surface area (Å²) >= 11 is 0. The van der Waals surface area contributed by atoms with Gasteiger partial charge in [-0.05, 0) is 12.5 Å². The van der Waals surface area contributed by atoms with E-state index in [1.807, 2.05) is 16.9 Å². The number of amides is 2. The van der Waals surface area contributed by atoms with Gasteiger partial charge in [-0.25, -0.2) is 14.8 Å². The second-order valence-corrected chi connectivity index (χ2v) is 6.83. The Hall–Kier alpha value is -2.56. The highest BCUT2D eigenvalue weighted by Gasteiger charge is 2.29. The van der Waals surface area contributed by atoms with Crippen LogP contribution in [-0.2, 0) is 9.47 Å². The Balaban J connectivity index is 1.41. The predicted molar refractivity (Wildman–Crippen MR) is 102 cm³/mol. The summed E-state index contributed by atoms with van der Waals surface area (Å²) in [4.78, 5) is 22.0. The summed E-state index contributed by atoms with van der Waals surface area (Å²) in [5.74, 6) is 0.250. The van der Waals surface area contributed by atoms with Crippen LogP contribution in [0.3, 0.4) is 0 Å². The summed E-state index contributed by atoms with van der Waals surface area (Å²) in [6.07, 6.45) is 7.28. The van der Waals surface area contributed by atoms with Crippen molar-refractivity contribution in [3.63, 3.8) is 0 Å². The number of ether oxygens (including phenoxy) is 2. The molecule has 4 heterocycles. The summed E-state index contributed by atoms with van der Waals surface area (Å²) < 4.78 is 13.4. The second kappa shape index (κ2) is 8.63. The topological polar surface area (TPSA) is 106 Å². The molecule has 2 unspecified atom stereocenters. The van der Waals surface area contributed by atoms with Gasteiger partial charge in [-0.2, -0.15) is 5.10 Å². The summed E-state index contributed by atoms with van der Waals surface area (Å²) in [6, 6.07) is 1.90. The third-order valence-electron chi connectivity index (χ3n) is 5.07. The van der Waals surface area contributed by atoms with Crippen molar-refractivity contribution in [3.05, 3.63) is 24.7 Å². The molecule has 10 nitrogen and oxygen atoms in total. The van der Waals surface area contributed by atoms with Crippen LogP contribution in [0.4, 0.5) is 10.7 Å². The molecule has 0 saturated carbocycles. The molecule has 150 valence electrons. The minimum Gasteiger partial charge on any atom is -0.379 e. The van der Waals surface area contributed by atoms with E-state index in [0.29, 0.717) is 6.04 Å². The minimum atomic E-state index is -0.355. The van der Waals surface area contributed by atoms with Crippen LogP contribution in [0.25, 0.3) is 11.3 Å². The number of carbonyl (C=O) groups excluding carboxylic acids is 1. The molecule has 2 aromatic rings. The van der Waals surface area contributed by atoms with Gasteiger partial charge < -0.3 is 14.8 Å². The van der Waals surface area contributed by atoms with Crippen LogP contribution in [-0.4, -0.2) is 76.9 Å². The lowest BCUT2D eigenvalue weighted by atomic mass is 10.1.